The lowest BCUT2D eigenvalue weighted by molar-refractivity contribution is 0.935. The highest BCUT2D eigenvalue weighted by atomic mass is 79.9. The first-order valence-corrected chi connectivity index (χ1v) is 6.53. The first kappa shape index (κ1) is 9.54. The van der Waals surface area contributed by atoms with Gasteiger partial charge in [0.15, 0.2) is 5.82 Å². The topological polar surface area (TPSA) is 41.6 Å². The van der Waals surface area contributed by atoms with Crippen molar-refractivity contribution in [1.82, 2.24) is 15.2 Å². The van der Waals surface area contributed by atoms with Gasteiger partial charge in [0.05, 0.1) is 8.66 Å². The van der Waals surface area contributed by atoms with E-state index in [1.165, 1.54) is 18.4 Å². The van der Waals surface area contributed by atoms with Crippen LogP contribution in [0.1, 0.15) is 30.1 Å². The van der Waals surface area contributed by atoms with E-state index in [-0.39, 0.29) is 0 Å². The lowest BCUT2D eigenvalue weighted by Gasteiger charge is -1.85. The Morgan fingerprint density at radius 1 is 1.53 bits per heavy atom. The molecule has 1 aliphatic carbocycles. The van der Waals surface area contributed by atoms with Crippen LogP contribution in [0.5, 0.6) is 0 Å². The molecule has 1 saturated carbocycles. The van der Waals surface area contributed by atoms with Crippen LogP contribution in [0.25, 0.3) is 10.7 Å². The molecule has 2 aromatic rings. The Kier molecular flexibility index (Phi) is 2.17. The molecule has 0 atom stereocenters. The van der Waals surface area contributed by atoms with E-state index in [0.29, 0.717) is 5.92 Å². The molecule has 0 saturated heterocycles. The number of hydrogen-bond acceptors (Lipinski definition) is 3. The largest absolute Gasteiger partial charge is 0.262 e. The van der Waals surface area contributed by atoms with E-state index in [2.05, 4.69) is 44.1 Å². The van der Waals surface area contributed by atoms with Crippen molar-refractivity contribution in [3.63, 3.8) is 0 Å². The Balaban J connectivity index is 1.97. The van der Waals surface area contributed by atoms with Gasteiger partial charge in [-0.2, -0.15) is 5.10 Å². The van der Waals surface area contributed by atoms with Crippen LogP contribution in [0.3, 0.4) is 0 Å². The second kappa shape index (κ2) is 3.42. The smallest absolute Gasteiger partial charge is 0.191 e. The molecule has 0 unspecified atom stereocenters. The summed E-state index contributed by atoms with van der Waals surface area (Å²) in [5.41, 5.74) is 1.24. The molecule has 5 heteroatoms. The van der Waals surface area contributed by atoms with E-state index in [1.807, 2.05) is 0 Å². The van der Waals surface area contributed by atoms with Crippen LogP contribution >= 0.6 is 27.3 Å². The Labute approximate surface area is 100 Å². The van der Waals surface area contributed by atoms with Crippen LogP contribution in [0.2, 0.25) is 0 Å². The van der Waals surface area contributed by atoms with Crippen LogP contribution in [0.4, 0.5) is 0 Å². The van der Waals surface area contributed by atoms with Gasteiger partial charge >= 0.3 is 0 Å². The van der Waals surface area contributed by atoms with Gasteiger partial charge in [-0.3, -0.25) is 5.10 Å². The molecule has 0 radical (unpaired) electrons. The van der Waals surface area contributed by atoms with Gasteiger partial charge in [0.1, 0.15) is 5.82 Å². The Hall–Kier alpha value is -0.680. The van der Waals surface area contributed by atoms with E-state index in [9.17, 15) is 0 Å². The van der Waals surface area contributed by atoms with Crippen molar-refractivity contribution >= 4 is 27.3 Å². The minimum absolute atomic E-state index is 0.635. The van der Waals surface area contributed by atoms with Gasteiger partial charge in [0.25, 0.3) is 0 Å². The zero-order valence-corrected chi connectivity index (χ0v) is 10.7. The summed E-state index contributed by atoms with van der Waals surface area (Å²) in [5.74, 6) is 2.51. The SMILES string of the molecule is Cc1cc(-c2n[nH]c(C3CC3)n2)sc1Br. The molecule has 0 aromatic carbocycles. The second-order valence-corrected chi connectivity index (χ2v) is 6.26. The van der Waals surface area contributed by atoms with Crippen LogP contribution in [0, 0.1) is 6.92 Å². The molecule has 1 aliphatic rings. The average Bonchev–Trinajstić information content (AvgIpc) is 2.85. The summed E-state index contributed by atoms with van der Waals surface area (Å²) in [7, 11) is 0. The zero-order chi connectivity index (χ0) is 10.4. The highest BCUT2D eigenvalue weighted by molar-refractivity contribution is 9.11. The van der Waals surface area contributed by atoms with E-state index < -0.39 is 0 Å². The van der Waals surface area contributed by atoms with Gasteiger partial charge in [-0.1, -0.05) is 0 Å². The minimum atomic E-state index is 0.635. The van der Waals surface area contributed by atoms with E-state index >= 15 is 0 Å². The fourth-order valence-corrected chi connectivity index (χ4v) is 2.96. The number of H-pyrrole nitrogens is 1. The number of aryl methyl sites for hydroxylation is 1. The van der Waals surface area contributed by atoms with Gasteiger partial charge in [0.2, 0.25) is 0 Å². The van der Waals surface area contributed by atoms with Crippen molar-refractivity contribution in [2.45, 2.75) is 25.7 Å². The predicted octanol–water partition coefficient (Wildman–Crippen LogP) is 3.48. The Bertz CT molecular complexity index is 479. The molecule has 78 valence electrons. The van der Waals surface area contributed by atoms with Gasteiger partial charge in [-0.05, 0) is 47.3 Å². The van der Waals surface area contributed by atoms with Crippen molar-refractivity contribution in [3.8, 4) is 10.7 Å². The van der Waals surface area contributed by atoms with E-state index in [1.54, 1.807) is 11.3 Å². The number of nitrogens with one attached hydrogen (secondary N) is 1. The summed E-state index contributed by atoms with van der Waals surface area (Å²) >= 11 is 5.20. The molecule has 2 aromatic heterocycles. The monoisotopic (exact) mass is 283 g/mol. The maximum atomic E-state index is 4.52. The van der Waals surface area contributed by atoms with Gasteiger partial charge < -0.3 is 0 Å². The number of aromatic nitrogens is 3. The zero-order valence-electron chi connectivity index (χ0n) is 8.25. The summed E-state index contributed by atoms with van der Waals surface area (Å²) in [6.07, 6.45) is 2.50. The van der Waals surface area contributed by atoms with Crippen LogP contribution < -0.4 is 0 Å². The molecule has 0 amide bonds. The first-order valence-electron chi connectivity index (χ1n) is 4.92. The molecule has 0 bridgehead atoms. The molecule has 3 rings (SSSR count). The van der Waals surface area contributed by atoms with Gasteiger partial charge in [0, 0.05) is 5.92 Å². The summed E-state index contributed by atoms with van der Waals surface area (Å²) in [4.78, 5) is 5.65. The van der Waals surface area contributed by atoms with Gasteiger partial charge in [-0.25, -0.2) is 4.98 Å². The molecular formula is C10H10BrN3S. The molecule has 15 heavy (non-hydrogen) atoms. The highest BCUT2D eigenvalue weighted by Gasteiger charge is 2.27. The standard InChI is InChI=1S/C10H10BrN3S/c1-5-4-7(15-8(5)11)10-12-9(13-14-10)6-2-3-6/h4,6H,2-3H2,1H3,(H,12,13,14). The molecule has 0 aliphatic heterocycles. The summed E-state index contributed by atoms with van der Waals surface area (Å²) in [6.45, 7) is 2.08. The summed E-state index contributed by atoms with van der Waals surface area (Å²) < 4.78 is 1.16. The third-order valence-corrected chi connectivity index (χ3v) is 4.68. The van der Waals surface area contributed by atoms with Crippen LogP contribution in [0.15, 0.2) is 9.85 Å². The van der Waals surface area contributed by atoms with Crippen LogP contribution in [-0.4, -0.2) is 15.2 Å². The maximum Gasteiger partial charge on any atom is 0.191 e. The third kappa shape index (κ3) is 1.74. The number of thiophene rings is 1. The quantitative estimate of drug-likeness (QED) is 0.917. The normalized spacial score (nSPS) is 15.9. The second-order valence-electron chi connectivity index (χ2n) is 3.89. The lowest BCUT2D eigenvalue weighted by atomic mass is 10.3. The summed E-state index contributed by atoms with van der Waals surface area (Å²) in [5, 5.41) is 7.28. The summed E-state index contributed by atoms with van der Waals surface area (Å²) in [6, 6.07) is 2.12. The number of halogens is 1. The van der Waals surface area contributed by atoms with Crippen molar-refractivity contribution in [1.29, 1.82) is 0 Å². The van der Waals surface area contributed by atoms with Crippen molar-refractivity contribution in [2.24, 2.45) is 0 Å². The van der Waals surface area contributed by atoms with Crippen LogP contribution in [-0.2, 0) is 0 Å². The van der Waals surface area contributed by atoms with Crippen molar-refractivity contribution in [2.75, 3.05) is 0 Å². The molecule has 1 N–H and O–H groups in total. The van der Waals surface area contributed by atoms with Crippen molar-refractivity contribution < 1.29 is 0 Å². The fraction of sp³-hybridized carbons (Fsp3) is 0.400. The Morgan fingerprint density at radius 3 is 2.93 bits per heavy atom. The molecule has 2 heterocycles. The molecular weight excluding hydrogens is 274 g/mol. The Morgan fingerprint density at radius 2 is 2.33 bits per heavy atom. The first-order chi connectivity index (χ1) is 7.24. The molecule has 3 nitrogen and oxygen atoms in total. The fourth-order valence-electron chi connectivity index (χ4n) is 1.49. The van der Waals surface area contributed by atoms with E-state index in [0.717, 1.165) is 20.3 Å². The number of rotatable bonds is 2. The maximum absolute atomic E-state index is 4.52. The number of hydrogen-bond donors (Lipinski definition) is 1. The third-order valence-electron chi connectivity index (χ3n) is 2.54. The molecule has 0 spiro atoms. The van der Waals surface area contributed by atoms with Gasteiger partial charge in [-0.15, -0.1) is 11.3 Å². The number of nitrogens with zero attached hydrogens (tertiary/aromatic N) is 2. The molecule has 1 fully saturated rings. The lowest BCUT2D eigenvalue weighted by Crippen LogP contribution is -1.80. The highest BCUT2D eigenvalue weighted by Crippen LogP contribution is 2.39. The van der Waals surface area contributed by atoms with E-state index in [4.69, 9.17) is 0 Å². The predicted molar refractivity (Wildman–Crippen MR) is 64.1 cm³/mol. The minimum Gasteiger partial charge on any atom is -0.262 e. The average molecular weight is 284 g/mol. The van der Waals surface area contributed by atoms with Crippen molar-refractivity contribution in [3.05, 3.63) is 21.2 Å². The number of aromatic amines is 1.